The third kappa shape index (κ3) is 5.51. The number of fused-ring (bicyclic) bond motifs is 2. The number of rotatable bonds is 9. The molecule has 0 saturated heterocycles. The van der Waals surface area contributed by atoms with Crippen LogP contribution in [0.15, 0.2) is 53.8 Å². The number of sulfone groups is 1. The molecule has 38 heavy (non-hydrogen) atoms. The molecular weight excluding hydrogens is 500 g/mol. The van der Waals surface area contributed by atoms with Crippen LogP contribution >= 0.6 is 0 Å². The molecule has 3 aromatic heterocycles. The van der Waals surface area contributed by atoms with E-state index in [4.69, 9.17) is 4.74 Å². The Bertz CT molecular complexity index is 1550. The SMILES string of the molecule is CC(C)[C@H](Nc1ncnc2[nH]c(-c3ccnc(OCCN(C)C)c3)cc12)c1ccc2c(c1)S(=O)(=O)CCC2. The zero-order chi connectivity index (χ0) is 26.9. The summed E-state index contributed by atoms with van der Waals surface area (Å²) in [6.07, 6.45) is 4.73. The van der Waals surface area contributed by atoms with E-state index in [0.717, 1.165) is 40.7 Å². The summed E-state index contributed by atoms with van der Waals surface area (Å²) in [5.74, 6) is 1.65. The number of aromatic nitrogens is 4. The lowest BCUT2D eigenvalue weighted by molar-refractivity contribution is 0.254. The van der Waals surface area contributed by atoms with Crippen molar-refractivity contribution in [1.29, 1.82) is 0 Å². The largest absolute Gasteiger partial charge is 0.476 e. The smallest absolute Gasteiger partial charge is 0.213 e. The van der Waals surface area contributed by atoms with Crippen LogP contribution in [0.25, 0.3) is 22.3 Å². The average molecular weight is 535 g/mol. The van der Waals surface area contributed by atoms with Gasteiger partial charge in [-0.1, -0.05) is 26.0 Å². The molecule has 2 N–H and O–H groups in total. The molecule has 0 aliphatic carbocycles. The van der Waals surface area contributed by atoms with Crippen molar-refractivity contribution < 1.29 is 13.2 Å². The van der Waals surface area contributed by atoms with Crippen molar-refractivity contribution in [3.05, 3.63) is 60.0 Å². The molecule has 1 aliphatic rings. The van der Waals surface area contributed by atoms with Gasteiger partial charge < -0.3 is 19.9 Å². The number of hydrogen-bond acceptors (Lipinski definition) is 8. The maximum Gasteiger partial charge on any atom is 0.213 e. The van der Waals surface area contributed by atoms with E-state index in [1.54, 1.807) is 6.20 Å². The van der Waals surface area contributed by atoms with E-state index >= 15 is 0 Å². The van der Waals surface area contributed by atoms with Crippen LogP contribution in [-0.2, 0) is 16.3 Å². The normalized spacial score (nSPS) is 15.5. The van der Waals surface area contributed by atoms with Crippen LogP contribution in [-0.4, -0.2) is 66.3 Å². The fourth-order valence-corrected chi connectivity index (χ4v) is 6.43. The predicted molar refractivity (Wildman–Crippen MR) is 149 cm³/mol. The summed E-state index contributed by atoms with van der Waals surface area (Å²) < 4.78 is 31.3. The highest BCUT2D eigenvalue weighted by Crippen LogP contribution is 2.34. The second kappa shape index (κ2) is 10.7. The van der Waals surface area contributed by atoms with Gasteiger partial charge in [0.15, 0.2) is 9.84 Å². The Morgan fingerprint density at radius 1 is 1.11 bits per heavy atom. The molecule has 0 bridgehead atoms. The maximum absolute atomic E-state index is 12.7. The van der Waals surface area contributed by atoms with Crippen molar-refractivity contribution in [3.8, 4) is 17.1 Å². The fraction of sp³-hybridized carbons (Fsp3) is 0.393. The summed E-state index contributed by atoms with van der Waals surface area (Å²) in [6, 6.07) is 11.6. The number of aryl methyl sites for hydroxylation is 1. The van der Waals surface area contributed by atoms with Crippen LogP contribution in [0.3, 0.4) is 0 Å². The van der Waals surface area contributed by atoms with E-state index in [0.29, 0.717) is 35.3 Å². The lowest BCUT2D eigenvalue weighted by Crippen LogP contribution is -2.20. The van der Waals surface area contributed by atoms with Gasteiger partial charge in [-0.25, -0.2) is 23.4 Å². The van der Waals surface area contributed by atoms with Crippen molar-refractivity contribution in [1.82, 2.24) is 24.8 Å². The molecule has 0 radical (unpaired) electrons. The van der Waals surface area contributed by atoms with Crippen molar-refractivity contribution in [2.24, 2.45) is 5.92 Å². The van der Waals surface area contributed by atoms with Crippen molar-refractivity contribution in [3.63, 3.8) is 0 Å². The first kappa shape index (κ1) is 26.1. The van der Waals surface area contributed by atoms with E-state index in [9.17, 15) is 8.42 Å². The molecule has 5 rings (SSSR count). The summed E-state index contributed by atoms with van der Waals surface area (Å²) in [7, 11) is 0.755. The second-order valence-corrected chi connectivity index (χ2v) is 12.4. The predicted octanol–water partition coefficient (Wildman–Crippen LogP) is 4.49. The molecule has 0 spiro atoms. The number of hydrogen-bond donors (Lipinski definition) is 2. The number of anilines is 1. The molecule has 0 amide bonds. The Labute approximate surface area is 223 Å². The van der Waals surface area contributed by atoms with Crippen molar-refractivity contribution in [2.45, 2.75) is 37.6 Å². The molecule has 10 heteroatoms. The van der Waals surface area contributed by atoms with Crippen LogP contribution in [0.5, 0.6) is 5.88 Å². The lowest BCUT2D eigenvalue weighted by Gasteiger charge is -2.26. The molecule has 1 aliphatic heterocycles. The van der Waals surface area contributed by atoms with Crippen LogP contribution in [0.4, 0.5) is 5.82 Å². The Morgan fingerprint density at radius 3 is 2.74 bits per heavy atom. The number of H-pyrrole nitrogens is 1. The van der Waals surface area contributed by atoms with Crippen molar-refractivity contribution in [2.75, 3.05) is 38.3 Å². The van der Waals surface area contributed by atoms with Gasteiger partial charge in [-0.15, -0.1) is 0 Å². The second-order valence-electron chi connectivity index (χ2n) is 10.4. The number of nitrogens with zero attached hydrogens (tertiary/aromatic N) is 4. The van der Waals surface area contributed by atoms with E-state index in [1.807, 2.05) is 50.5 Å². The number of likely N-dealkylation sites (N-methyl/N-ethyl adjacent to an activating group) is 1. The summed E-state index contributed by atoms with van der Waals surface area (Å²) in [5.41, 5.74) is 4.36. The summed E-state index contributed by atoms with van der Waals surface area (Å²) in [4.78, 5) is 19.2. The van der Waals surface area contributed by atoms with E-state index in [1.165, 1.54) is 6.33 Å². The highest BCUT2D eigenvalue weighted by atomic mass is 32.2. The van der Waals surface area contributed by atoms with Gasteiger partial charge in [0.1, 0.15) is 24.4 Å². The van der Waals surface area contributed by atoms with Gasteiger partial charge in [0, 0.05) is 30.1 Å². The molecule has 0 unspecified atom stereocenters. The molecule has 0 saturated carbocycles. The summed E-state index contributed by atoms with van der Waals surface area (Å²) in [5, 5.41) is 4.43. The van der Waals surface area contributed by atoms with Gasteiger partial charge in [0.05, 0.1) is 22.1 Å². The topological polar surface area (TPSA) is 113 Å². The average Bonchev–Trinajstić information content (AvgIpc) is 3.32. The number of ether oxygens (including phenoxy) is 1. The minimum Gasteiger partial charge on any atom is -0.476 e. The first-order valence-electron chi connectivity index (χ1n) is 12.9. The number of aromatic amines is 1. The number of nitrogens with one attached hydrogen (secondary N) is 2. The Hall–Kier alpha value is -3.50. The molecule has 0 fully saturated rings. The van der Waals surface area contributed by atoms with E-state index in [-0.39, 0.29) is 17.7 Å². The highest BCUT2D eigenvalue weighted by Gasteiger charge is 2.26. The van der Waals surface area contributed by atoms with E-state index < -0.39 is 9.84 Å². The molecule has 4 heterocycles. The summed E-state index contributed by atoms with van der Waals surface area (Å²) >= 11 is 0. The minimum absolute atomic E-state index is 0.133. The van der Waals surface area contributed by atoms with Gasteiger partial charge in [-0.2, -0.15) is 0 Å². The maximum atomic E-state index is 12.7. The lowest BCUT2D eigenvalue weighted by atomic mass is 9.94. The highest BCUT2D eigenvalue weighted by molar-refractivity contribution is 7.91. The van der Waals surface area contributed by atoms with Crippen molar-refractivity contribution >= 4 is 26.7 Å². The Kier molecular flexibility index (Phi) is 7.36. The molecule has 4 aromatic rings. The minimum atomic E-state index is -3.25. The van der Waals surface area contributed by atoms with Gasteiger partial charge in [0.2, 0.25) is 5.88 Å². The fourth-order valence-electron chi connectivity index (χ4n) is 4.80. The standard InChI is InChI=1S/C28H34N6O3S/c1-18(2)26(21-8-7-19-6-5-13-38(35,36)24(19)14-21)33-28-22-16-23(32-27(22)30-17-31-28)20-9-10-29-25(15-20)37-12-11-34(3)4/h7-10,14-18,26H,5-6,11-13H2,1-4H3,(H2,30,31,32,33)/t26-/m0/s1. The quantitative estimate of drug-likeness (QED) is 0.323. The van der Waals surface area contributed by atoms with Crippen LogP contribution in [0, 0.1) is 5.92 Å². The molecular formula is C28H34N6O3S. The van der Waals surface area contributed by atoms with Crippen LogP contribution < -0.4 is 10.1 Å². The van der Waals surface area contributed by atoms with Gasteiger partial charge in [-0.05, 0) is 62.2 Å². The van der Waals surface area contributed by atoms with Gasteiger partial charge in [0.25, 0.3) is 0 Å². The van der Waals surface area contributed by atoms with E-state index in [2.05, 4.69) is 44.0 Å². The molecule has 1 aromatic carbocycles. The van der Waals surface area contributed by atoms with Gasteiger partial charge >= 0.3 is 0 Å². The number of benzene rings is 1. The zero-order valence-corrected chi connectivity index (χ0v) is 23.0. The Morgan fingerprint density at radius 2 is 1.95 bits per heavy atom. The first-order valence-corrected chi connectivity index (χ1v) is 14.6. The number of pyridine rings is 1. The summed E-state index contributed by atoms with van der Waals surface area (Å²) in [6.45, 7) is 5.58. The van der Waals surface area contributed by atoms with Crippen LogP contribution in [0.1, 0.15) is 37.4 Å². The molecule has 1 atom stereocenters. The van der Waals surface area contributed by atoms with Crippen LogP contribution in [0.2, 0.25) is 0 Å². The third-order valence-electron chi connectivity index (χ3n) is 6.86. The monoisotopic (exact) mass is 534 g/mol. The zero-order valence-electron chi connectivity index (χ0n) is 22.2. The molecule has 200 valence electrons. The third-order valence-corrected chi connectivity index (χ3v) is 8.74. The Balaban J connectivity index is 1.44. The van der Waals surface area contributed by atoms with Gasteiger partial charge in [-0.3, -0.25) is 0 Å². The first-order chi connectivity index (χ1) is 18.2. The molecule has 9 nitrogen and oxygen atoms in total.